The topological polar surface area (TPSA) is 49.0 Å². The lowest BCUT2D eigenvalue weighted by atomic mass is 9.80. The lowest BCUT2D eigenvalue weighted by Gasteiger charge is -2.35. The minimum atomic E-state index is 0.0848. The van der Waals surface area contributed by atoms with Crippen LogP contribution in [0, 0.1) is 11.8 Å². The molecule has 1 amide bonds. The monoisotopic (exact) mass is 393 g/mol. The van der Waals surface area contributed by atoms with Crippen LogP contribution in [0.5, 0.6) is 0 Å². The fraction of sp³-hybridized carbons (Fsp3) is 0.600. The van der Waals surface area contributed by atoms with Crippen LogP contribution in [0.3, 0.4) is 0 Å². The highest BCUT2D eigenvalue weighted by atomic mass is 16.2. The van der Waals surface area contributed by atoms with Gasteiger partial charge >= 0.3 is 0 Å². The zero-order valence-corrected chi connectivity index (χ0v) is 18.6. The summed E-state index contributed by atoms with van der Waals surface area (Å²) in [6, 6.07) is 8.75. The number of hydrogen-bond donors (Lipinski definition) is 1. The van der Waals surface area contributed by atoms with Gasteiger partial charge < -0.3 is 0 Å². The first-order chi connectivity index (χ1) is 13.8. The summed E-state index contributed by atoms with van der Waals surface area (Å²) in [5.41, 5.74) is 5.40. The van der Waals surface area contributed by atoms with Crippen molar-refractivity contribution in [2.24, 2.45) is 11.8 Å². The number of nitrogens with zero attached hydrogens (tertiary/aromatic N) is 2. The van der Waals surface area contributed by atoms with E-state index >= 15 is 0 Å². The predicted molar refractivity (Wildman–Crippen MR) is 118 cm³/mol. The molecule has 0 saturated heterocycles. The Morgan fingerprint density at radius 3 is 2.34 bits per heavy atom. The molecule has 0 radical (unpaired) electrons. The largest absolute Gasteiger partial charge is 0.299 e. The molecule has 29 heavy (non-hydrogen) atoms. The van der Waals surface area contributed by atoms with E-state index in [1.165, 1.54) is 43.2 Å². The SMILES string of the molecule is CC(C)Cc1n[nH]c2c1C(C1CCCCC1)N(c1ccc(C(C)(C)C)cc1)C2=O. The maximum atomic E-state index is 13.5. The zero-order valence-electron chi connectivity index (χ0n) is 18.6. The van der Waals surface area contributed by atoms with Crippen molar-refractivity contribution in [3.05, 3.63) is 46.8 Å². The molecule has 1 aliphatic heterocycles. The molecule has 1 unspecified atom stereocenters. The van der Waals surface area contributed by atoms with Crippen molar-refractivity contribution in [1.82, 2.24) is 10.2 Å². The van der Waals surface area contributed by atoms with Gasteiger partial charge in [-0.05, 0) is 54.2 Å². The molecule has 2 aliphatic rings. The third-order valence-electron chi connectivity index (χ3n) is 6.60. The van der Waals surface area contributed by atoms with Crippen LogP contribution in [0.1, 0.15) is 100 Å². The minimum absolute atomic E-state index is 0.0848. The van der Waals surface area contributed by atoms with Crippen LogP contribution in [0.25, 0.3) is 0 Å². The van der Waals surface area contributed by atoms with Gasteiger partial charge in [-0.1, -0.05) is 66.0 Å². The Morgan fingerprint density at radius 1 is 1.10 bits per heavy atom. The first kappa shape index (κ1) is 20.2. The van der Waals surface area contributed by atoms with Gasteiger partial charge in [-0.2, -0.15) is 5.10 Å². The lowest BCUT2D eigenvalue weighted by molar-refractivity contribution is 0.0977. The predicted octanol–water partition coefficient (Wildman–Crippen LogP) is 6.19. The van der Waals surface area contributed by atoms with E-state index in [4.69, 9.17) is 0 Å². The van der Waals surface area contributed by atoms with E-state index in [9.17, 15) is 4.79 Å². The molecule has 2 heterocycles. The average molecular weight is 394 g/mol. The van der Waals surface area contributed by atoms with Gasteiger partial charge in [-0.15, -0.1) is 0 Å². The van der Waals surface area contributed by atoms with Gasteiger partial charge in [-0.25, -0.2) is 0 Å². The van der Waals surface area contributed by atoms with Gasteiger partial charge in [0.15, 0.2) is 0 Å². The number of nitrogens with one attached hydrogen (secondary N) is 1. The summed E-state index contributed by atoms with van der Waals surface area (Å²) in [6.07, 6.45) is 7.14. The summed E-state index contributed by atoms with van der Waals surface area (Å²) < 4.78 is 0. The number of H-pyrrole nitrogens is 1. The number of carbonyl (C=O) groups excluding carboxylic acids is 1. The molecular weight excluding hydrogens is 358 g/mol. The van der Waals surface area contributed by atoms with Crippen molar-refractivity contribution >= 4 is 11.6 Å². The molecule has 0 spiro atoms. The molecule has 1 atom stereocenters. The first-order valence-electron chi connectivity index (χ1n) is 11.3. The molecule has 1 fully saturated rings. The summed E-state index contributed by atoms with van der Waals surface area (Å²) in [5.74, 6) is 1.12. The number of anilines is 1. The second-order valence-corrected chi connectivity index (χ2v) is 10.4. The van der Waals surface area contributed by atoms with Crippen molar-refractivity contribution in [3.8, 4) is 0 Å². The summed E-state index contributed by atoms with van der Waals surface area (Å²) in [4.78, 5) is 15.6. The number of aromatic amines is 1. The summed E-state index contributed by atoms with van der Waals surface area (Å²) >= 11 is 0. The quantitative estimate of drug-likeness (QED) is 0.673. The summed E-state index contributed by atoms with van der Waals surface area (Å²) in [6.45, 7) is 11.1. The second-order valence-electron chi connectivity index (χ2n) is 10.4. The smallest absolute Gasteiger partial charge is 0.277 e. The summed E-state index contributed by atoms with van der Waals surface area (Å²) in [5, 5.41) is 7.68. The van der Waals surface area contributed by atoms with Gasteiger partial charge in [0.2, 0.25) is 0 Å². The normalized spacial score (nSPS) is 20.6. The molecule has 2 aromatic rings. The fourth-order valence-electron chi connectivity index (χ4n) is 5.08. The Kier molecular flexibility index (Phi) is 5.30. The Bertz CT molecular complexity index is 866. The molecule has 1 aromatic heterocycles. The Morgan fingerprint density at radius 2 is 1.76 bits per heavy atom. The van der Waals surface area contributed by atoms with Crippen molar-refractivity contribution in [1.29, 1.82) is 0 Å². The highest BCUT2D eigenvalue weighted by Gasteiger charge is 2.45. The molecule has 156 valence electrons. The molecular formula is C25H35N3O. The van der Waals surface area contributed by atoms with Crippen molar-refractivity contribution in [3.63, 3.8) is 0 Å². The number of rotatable bonds is 4. The number of benzene rings is 1. The number of carbonyl (C=O) groups is 1. The molecule has 4 heteroatoms. The Hall–Kier alpha value is -2.10. The highest BCUT2D eigenvalue weighted by molar-refractivity contribution is 6.10. The van der Waals surface area contributed by atoms with Crippen molar-refractivity contribution < 1.29 is 4.79 Å². The van der Waals surface area contributed by atoms with Crippen LogP contribution >= 0.6 is 0 Å². The van der Waals surface area contributed by atoms with Gasteiger partial charge in [0.25, 0.3) is 5.91 Å². The van der Waals surface area contributed by atoms with E-state index in [1.54, 1.807) is 0 Å². The Balaban J connectivity index is 1.76. The first-order valence-corrected chi connectivity index (χ1v) is 11.3. The maximum absolute atomic E-state index is 13.5. The van der Waals surface area contributed by atoms with Crippen LogP contribution in [-0.4, -0.2) is 16.1 Å². The maximum Gasteiger partial charge on any atom is 0.277 e. The van der Waals surface area contributed by atoms with Gasteiger partial charge in [0.1, 0.15) is 5.69 Å². The standard InChI is InChI=1S/C25H35N3O/c1-16(2)15-20-21-22(27-26-20)24(29)28(23(21)17-9-7-6-8-10-17)19-13-11-18(12-14-19)25(3,4)5/h11-14,16-17,23H,6-10,15H2,1-5H3,(H,26,27). The zero-order chi connectivity index (χ0) is 20.8. The van der Waals surface area contributed by atoms with Crippen LogP contribution in [0.2, 0.25) is 0 Å². The lowest BCUT2D eigenvalue weighted by Crippen LogP contribution is -2.34. The van der Waals surface area contributed by atoms with E-state index in [2.05, 4.69) is 74.0 Å². The van der Waals surface area contributed by atoms with Crippen LogP contribution in [0.15, 0.2) is 24.3 Å². The number of fused-ring (bicyclic) bond motifs is 1. The van der Waals surface area contributed by atoms with E-state index in [0.29, 0.717) is 11.8 Å². The van der Waals surface area contributed by atoms with Crippen molar-refractivity contribution in [2.45, 2.75) is 84.6 Å². The van der Waals surface area contributed by atoms with E-state index in [1.807, 2.05) is 0 Å². The second kappa shape index (κ2) is 7.62. The van der Waals surface area contributed by atoms with Crippen LogP contribution in [-0.2, 0) is 11.8 Å². The number of hydrogen-bond acceptors (Lipinski definition) is 2. The van der Waals surface area contributed by atoms with Crippen LogP contribution in [0.4, 0.5) is 5.69 Å². The molecule has 1 N–H and O–H groups in total. The molecule has 1 aromatic carbocycles. The number of amides is 1. The molecule has 1 saturated carbocycles. The van der Waals surface area contributed by atoms with E-state index < -0.39 is 0 Å². The van der Waals surface area contributed by atoms with E-state index in [-0.39, 0.29) is 17.4 Å². The summed E-state index contributed by atoms with van der Waals surface area (Å²) in [7, 11) is 0. The van der Waals surface area contributed by atoms with Gasteiger partial charge in [0, 0.05) is 11.3 Å². The molecule has 0 bridgehead atoms. The van der Waals surface area contributed by atoms with Gasteiger partial charge in [-0.3, -0.25) is 14.8 Å². The number of aromatic nitrogens is 2. The van der Waals surface area contributed by atoms with Crippen LogP contribution < -0.4 is 4.90 Å². The average Bonchev–Trinajstić information content (AvgIpc) is 3.20. The molecule has 4 nitrogen and oxygen atoms in total. The van der Waals surface area contributed by atoms with E-state index in [0.717, 1.165) is 23.5 Å². The Labute approximate surface area is 175 Å². The van der Waals surface area contributed by atoms with Crippen molar-refractivity contribution in [2.75, 3.05) is 4.90 Å². The third-order valence-corrected chi connectivity index (χ3v) is 6.60. The minimum Gasteiger partial charge on any atom is -0.299 e. The fourth-order valence-corrected chi connectivity index (χ4v) is 5.08. The third kappa shape index (κ3) is 3.74. The van der Waals surface area contributed by atoms with Gasteiger partial charge in [0.05, 0.1) is 11.7 Å². The molecule has 4 rings (SSSR count). The molecule has 1 aliphatic carbocycles. The highest BCUT2D eigenvalue weighted by Crippen LogP contribution is 2.47.